The first-order chi connectivity index (χ1) is 19.5. The molecule has 1 unspecified atom stereocenters. The summed E-state index contributed by atoms with van der Waals surface area (Å²) in [7, 11) is 1.77. The summed E-state index contributed by atoms with van der Waals surface area (Å²) in [5.41, 5.74) is 3.69. The SMILES string of the molecule is Cn1c(=O)c(Cn2cc(C3CCN(C(=O)c4ccccc4NC(=O)c4ccccc4)C3)nn2)cc2ccccc21. The number of pyridine rings is 1. The van der Waals surface area contributed by atoms with E-state index < -0.39 is 0 Å². The molecule has 1 fully saturated rings. The van der Waals surface area contributed by atoms with Gasteiger partial charge in [-0.15, -0.1) is 5.10 Å². The van der Waals surface area contributed by atoms with E-state index in [4.69, 9.17) is 0 Å². The number of fused-ring (bicyclic) bond motifs is 1. The fourth-order valence-electron chi connectivity index (χ4n) is 5.27. The molecule has 2 aromatic heterocycles. The molecule has 0 spiro atoms. The van der Waals surface area contributed by atoms with Gasteiger partial charge in [-0.1, -0.05) is 53.7 Å². The molecule has 1 N–H and O–H groups in total. The van der Waals surface area contributed by atoms with Crippen molar-refractivity contribution in [3.63, 3.8) is 0 Å². The number of anilines is 1. The number of hydrogen-bond donors (Lipinski definition) is 1. The predicted octanol–water partition coefficient (Wildman–Crippen LogP) is 4.06. The van der Waals surface area contributed by atoms with E-state index in [9.17, 15) is 14.4 Å². The average molecular weight is 533 g/mol. The normalized spacial score (nSPS) is 14.9. The summed E-state index contributed by atoms with van der Waals surface area (Å²) in [6.45, 7) is 1.38. The largest absolute Gasteiger partial charge is 0.338 e. The lowest BCUT2D eigenvalue weighted by Crippen LogP contribution is -2.29. The topological polar surface area (TPSA) is 102 Å². The Morgan fingerprint density at radius 2 is 1.73 bits per heavy atom. The van der Waals surface area contributed by atoms with Crippen molar-refractivity contribution < 1.29 is 9.59 Å². The lowest BCUT2D eigenvalue weighted by Gasteiger charge is -2.18. The van der Waals surface area contributed by atoms with Gasteiger partial charge in [-0.25, -0.2) is 4.68 Å². The molecule has 1 aliphatic rings. The Hall–Kier alpha value is -5.05. The highest BCUT2D eigenvalue weighted by molar-refractivity contribution is 6.09. The smallest absolute Gasteiger partial charge is 0.255 e. The van der Waals surface area contributed by atoms with E-state index in [1.54, 1.807) is 69.7 Å². The molecule has 1 aliphatic heterocycles. The summed E-state index contributed by atoms with van der Waals surface area (Å²) >= 11 is 0. The molecule has 0 aliphatic carbocycles. The van der Waals surface area contributed by atoms with E-state index in [0.717, 1.165) is 23.0 Å². The molecular weight excluding hydrogens is 504 g/mol. The fraction of sp³-hybridized carbons (Fsp3) is 0.194. The first-order valence-electron chi connectivity index (χ1n) is 13.2. The second-order valence-electron chi connectivity index (χ2n) is 10.0. The summed E-state index contributed by atoms with van der Waals surface area (Å²) in [6, 6.07) is 25.7. The van der Waals surface area contributed by atoms with Crippen molar-refractivity contribution >= 4 is 28.4 Å². The molecule has 40 heavy (non-hydrogen) atoms. The van der Waals surface area contributed by atoms with Gasteiger partial charge in [0.25, 0.3) is 17.4 Å². The maximum Gasteiger partial charge on any atom is 0.255 e. The number of nitrogens with zero attached hydrogens (tertiary/aromatic N) is 5. The van der Waals surface area contributed by atoms with E-state index in [2.05, 4.69) is 15.6 Å². The number of para-hydroxylation sites is 2. The van der Waals surface area contributed by atoms with Crippen LogP contribution in [0.5, 0.6) is 0 Å². The van der Waals surface area contributed by atoms with Gasteiger partial charge >= 0.3 is 0 Å². The number of likely N-dealkylation sites (tertiary alicyclic amines) is 1. The Bertz CT molecular complexity index is 1780. The van der Waals surface area contributed by atoms with Crippen LogP contribution in [-0.2, 0) is 13.6 Å². The van der Waals surface area contributed by atoms with E-state index >= 15 is 0 Å². The van der Waals surface area contributed by atoms with Crippen LogP contribution in [0.2, 0.25) is 0 Å². The van der Waals surface area contributed by atoms with Crippen LogP contribution in [0.3, 0.4) is 0 Å². The monoisotopic (exact) mass is 532 g/mol. The number of carbonyl (C=O) groups is 2. The van der Waals surface area contributed by atoms with Gasteiger partial charge in [0.15, 0.2) is 0 Å². The van der Waals surface area contributed by atoms with Crippen molar-refractivity contribution in [2.45, 2.75) is 18.9 Å². The quantitative estimate of drug-likeness (QED) is 0.355. The van der Waals surface area contributed by atoms with E-state index in [1.807, 2.05) is 42.6 Å². The lowest BCUT2D eigenvalue weighted by molar-refractivity contribution is 0.0791. The minimum atomic E-state index is -0.266. The van der Waals surface area contributed by atoms with Crippen LogP contribution in [-0.4, -0.2) is 49.4 Å². The van der Waals surface area contributed by atoms with Crippen LogP contribution in [0.15, 0.2) is 95.9 Å². The third kappa shape index (κ3) is 4.89. The molecule has 3 aromatic carbocycles. The molecule has 3 heterocycles. The number of nitrogens with one attached hydrogen (secondary N) is 1. The van der Waals surface area contributed by atoms with Gasteiger partial charge < -0.3 is 14.8 Å². The lowest BCUT2D eigenvalue weighted by atomic mass is 10.1. The zero-order valence-corrected chi connectivity index (χ0v) is 22.0. The third-order valence-corrected chi connectivity index (χ3v) is 7.43. The first-order valence-corrected chi connectivity index (χ1v) is 13.2. The van der Waals surface area contributed by atoms with Crippen LogP contribution >= 0.6 is 0 Å². The van der Waals surface area contributed by atoms with Crippen molar-refractivity contribution in [2.75, 3.05) is 18.4 Å². The van der Waals surface area contributed by atoms with Gasteiger partial charge in [0.1, 0.15) is 0 Å². The van der Waals surface area contributed by atoms with Crippen LogP contribution < -0.4 is 10.9 Å². The molecule has 0 radical (unpaired) electrons. The van der Waals surface area contributed by atoms with Crippen molar-refractivity contribution in [2.24, 2.45) is 7.05 Å². The Morgan fingerprint density at radius 3 is 2.58 bits per heavy atom. The molecule has 1 saturated heterocycles. The van der Waals surface area contributed by atoms with Gasteiger partial charge in [-0.05, 0) is 48.2 Å². The Kier molecular flexibility index (Phi) is 6.69. The molecule has 9 nitrogen and oxygen atoms in total. The number of benzene rings is 3. The maximum atomic E-state index is 13.5. The van der Waals surface area contributed by atoms with Crippen molar-refractivity contribution in [3.05, 3.63) is 124 Å². The number of hydrogen-bond acceptors (Lipinski definition) is 5. The average Bonchev–Trinajstić information content (AvgIpc) is 3.66. The highest BCUT2D eigenvalue weighted by atomic mass is 16.2. The summed E-state index contributed by atoms with van der Waals surface area (Å²) in [5.74, 6) is -0.375. The number of rotatable bonds is 6. The molecular formula is C31H28N6O3. The van der Waals surface area contributed by atoms with Crippen molar-refractivity contribution in [1.29, 1.82) is 0 Å². The molecule has 0 bridgehead atoms. The Labute approximate surface area is 230 Å². The van der Waals surface area contributed by atoms with Crippen LogP contribution in [0.4, 0.5) is 5.69 Å². The predicted molar refractivity (Wildman–Crippen MR) is 152 cm³/mol. The van der Waals surface area contributed by atoms with Crippen molar-refractivity contribution in [3.8, 4) is 0 Å². The molecule has 2 amide bonds. The zero-order chi connectivity index (χ0) is 27.6. The summed E-state index contributed by atoms with van der Waals surface area (Å²) in [6.07, 6.45) is 2.61. The van der Waals surface area contributed by atoms with Crippen LogP contribution in [0.25, 0.3) is 10.9 Å². The van der Waals surface area contributed by atoms with Crippen molar-refractivity contribution in [1.82, 2.24) is 24.5 Å². The summed E-state index contributed by atoms with van der Waals surface area (Å²) in [5, 5.41) is 12.5. The zero-order valence-electron chi connectivity index (χ0n) is 22.0. The molecule has 9 heteroatoms. The number of amides is 2. The van der Waals surface area contributed by atoms with Gasteiger partial charge in [0.2, 0.25) is 0 Å². The first kappa shape index (κ1) is 25.2. The minimum Gasteiger partial charge on any atom is -0.338 e. The van der Waals surface area contributed by atoms with Gasteiger partial charge in [-0.3, -0.25) is 14.4 Å². The van der Waals surface area contributed by atoms with E-state index in [-0.39, 0.29) is 23.3 Å². The minimum absolute atomic E-state index is 0.0307. The van der Waals surface area contributed by atoms with Gasteiger partial charge in [0, 0.05) is 43.4 Å². The molecule has 6 rings (SSSR count). The maximum absolute atomic E-state index is 13.5. The Balaban J connectivity index is 1.15. The highest BCUT2D eigenvalue weighted by Crippen LogP contribution is 2.28. The highest BCUT2D eigenvalue weighted by Gasteiger charge is 2.31. The molecule has 5 aromatic rings. The van der Waals surface area contributed by atoms with Crippen LogP contribution in [0.1, 0.15) is 44.3 Å². The Morgan fingerprint density at radius 1 is 0.975 bits per heavy atom. The van der Waals surface area contributed by atoms with Gasteiger partial charge in [-0.2, -0.15) is 0 Å². The fourth-order valence-corrected chi connectivity index (χ4v) is 5.27. The van der Waals surface area contributed by atoms with E-state index in [0.29, 0.717) is 42.0 Å². The number of aromatic nitrogens is 4. The van der Waals surface area contributed by atoms with E-state index in [1.165, 1.54) is 0 Å². The standard InChI is InChI=1S/C31H28N6O3/c1-35-28-14-8-5-11-22(28)17-24(30(35)39)19-37-20-27(33-34-37)23-15-16-36(18-23)31(40)25-12-6-7-13-26(25)32-29(38)21-9-3-2-4-10-21/h2-14,17,20,23H,15-16,18-19H2,1H3,(H,32,38). The summed E-state index contributed by atoms with van der Waals surface area (Å²) < 4.78 is 3.34. The molecule has 1 atom stereocenters. The molecule has 200 valence electrons. The van der Waals surface area contributed by atoms with Gasteiger partial charge in [0.05, 0.1) is 29.0 Å². The third-order valence-electron chi connectivity index (χ3n) is 7.43. The molecule has 0 saturated carbocycles. The number of carbonyl (C=O) groups excluding carboxylic acids is 2. The number of aryl methyl sites for hydroxylation is 1. The summed E-state index contributed by atoms with van der Waals surface area (Å²) in [4.78, 5) is 40.9. The van der Waals surface area contributed by atoms with Crippen LogP contribution in [0, 0.1) is 0 Å². The second kappa shape index (κ2) is 10.6. The second-order valence-corrected chi connectivity index (χ2v) is 10.0.